The van der Waals surface area contributed by atoms with Crippen molar-refractivity contribution in [3.8, 4) is 11.1 Å². The third kappa shape index (κ3) is 7.41. The Kier molecular flexibility index (Phi) is 11.2. The summed E-state index contributed by atoms with van der Waals surface area (Å²) in [5.74, 6) is -3.50. The zero-order valence-electron chi connectivity index (χ0n) is 22.2. The molecule has 0 bridgehead atoms. The van der Waals surface area contributed by atoms with Crippen molar-refractivity contribution in [3.05, 3.63) is 64.5 Å². The maximum Gasteiger partial charge on any atom is 0.521 e. The average molecular weight is 640 g/mol. The molecule has 4 rings (SSSR count). The number of rotatable bonds is 7. The molecule has 3 heterocycles. The lowest BCUT2D eigenvalue weighted by atomic mass is 9.89. The minimum atomic E-state index is -4.73. The number of amides is 1. The van der Waals surface area contributed by atoms with Crippen molar-refractivity contribution in [1.29, 1.82) is 0 Å². The van der Waals surface area contributed by atoms with Crippen LogP contribution in [0, 0.1) is 32.1 Å². The van der Waals surface area contributed by atoms with E-state index in [1.165, 1.54) is 4.90 Å². The van der Waals surface area contributed by atoms with Crippen LogP contribution in [0.4, 0.5) is 27.6 Å². The first-order chi connectivity index (χ1) is 19.1. The summed E-state index contributed by atoms with van der Waals surface area (Å²) in [4.78, 5) is 26.0. The van der Waals surface area contributed by atoms with Gasteiger partial charge < -0.3 is 20.0 Å². The first kappa shape index (κ1) is 34.6. The Morgan fingerprint density at radius 3 is 2.48 bits per heavy atom. The highest BCUT2D eigenvalue weighted by molar-refractivity contribution is 7.59. The number of carbonyl (C=O) groups is 1. The summed E-state index contributed by atoms with van der Waals surface area (Å²) in [5, 5.41) is 20.2. The van der Waals surface area contributed by atoms with Crippen molar-refractivity contribution in [2.24, 2.45) is 0 Å². The number of alkyl halides is 3. The fraction of sp³-hybridized carbons (Fsp3) is 0.391. The molecule has 3 N–H and O–H groups in total. The number of anilines is 1. The first-order valence-electron chi connectivity index (χ1n) is 11.6. The molecule has 1 aliphatic heterocycles. The van der Waals surface area contributed by atoms with E-state index in [2.05, 4.69) is 24.8 Å². The molecule has 1 fully saturated rings. The molecule has 2 atom stereocenters. The summed E-state index contributed by atoms with van der Waals surface area (Å²) in [5.41, 5.74) is 1.53. The van der Waals surface area contributed by atoms with E-state index in [0.29, 0.717) is 13.0 Å². The van der Waals surface area contributed by atoms with Crippen LogP contribution < -0.4 is 15.1 Å². The van der Waals surface area contributed by atoms with Crippen LogP contribution in [0.5, 0.6) is 0 Å². The lowest BCUT2D eigenvalue weighted by Gasteiger charge is -2.48. The summed E-state index contributed by atoms with van der Waals surface area (Å²) in [7, 11) is -3.04. The first-order valence-corrected chi connectivity index (χ1v) is 12.7. The highest BCUT2D eigenvalue weighted by atomic mass is 32.1. The molecule has 19 heteroatoms. The Morgan fingerprint density at radius 2 is 1.98 bits per heavy atom. The summed E-state index contributed by atoms with van der Waals surface area (Å²) in [6, 6.07) is -0.879. The second-order valence-electron chi connectivity index (χ2n) is 9.20. The fourth-order valence-corrected chi connectivity index (χ4v) is 4.30. The molecule has 3 aromatic rings. The van der Waals surface area contributed by atoms with Gasteiger partial charge >= 0.3 is 14.4 Å². The number of nitrogens with one attached hydrogen (secondary N) is 2. The van der Waals surface area contributed by atoms with Gasteiger partial charge in [-0.2, -0.15) is 36.9 Å². The van der Waals surface area contributed by atoms with Gasteiger partial charge in [-0.3, -0.25) is 14.6 Å². The number of aromatic amines is 1. The number of hydrogen-bond donors (Lipinski definition) is 3. The topological polar surface area (TPSA) is 153 Å². The quantitative estimate of drug-likeness (QED) is 0.116. The Labute approximate surface area is 245 Å². The highest BCUT2D eigenvalue weighted by Crippen LogP contribution is 2.37. The van der Waals surface area contributed by atoms with Gasteiger partial charge in [-0.05, 0) is 31.4 Å². The molecule has 0 spiro atoms. The van der Waals surface area contributed by atoms with Crippen LogP contribution in [-0.4, -0.2) is 63.0 Å². The summed E-state index contributed by atoms with van der Waals surface area (Å²) < 4.78 is 80.9. The number of benzene rings is 1. The van der Waals surface area contributed by atoms with E-state index in [1.54, 1.807) is 22.4 Å². The largest absolute Gasteiger partial charge is 0.565 e. The second-order valence-corrected chi connectivity index (χ2v) is 9.82. The van der Waals surface area contributed by atoms with Crippen LogP contribution in [0.1, 0.15) is 30.1 Å². The smallest absolute Gasteiger partial charge is 0.521 e. The van der Waals surface area contributed by atoms with Crippen LogP contribution in [0.25, 0.3) is 16.0 Å². The summed E-state index contributed by atoms with van der Waals surface area (Å²) in [6.45, 7) is 12.1. The van der Waals surface area contributed by atoms with Gasteiger partial charge in [0.25, 0.3) is 5.91 Å². The van der Waals surface area contributed by atoms with Gasteiger partial charge in [0.2, 0.25) is 6.54 Å². The molecule has 2 aromatic heterocycles. The molecule has 1 aliphatic rings. The zero-order valence-corrected chi connectivity index (χ0v) is 24.1. The predicted molar refractivity (Wildman–Crippen MR) is 144 cm³/mol. The van der Waals surface area contributed by atoms with E-state index < -0.39 is 49.1 Å². The van der Waals surface area contributed by atoms with E-state index in [-0.39, 0.29) is 40.2 Å². The lowest BCUT2D eigenvalue weighted by Crippen LogP contribution is -2.65. The maximum absolute atomic E-state index is 14.8. The van der Waals surface area contributed by atoms with Crippen molar-refractivity contribution in [2.75, 3.05) is 24.5 Å². The molecule has 1 saturated heterocycles. The van der Waals surface area contributed by atoms with Gasteiger partial charge in [-0.25, -0.2) is 20.6 Å². The molecular weight excluding hydrogens is 612 g/mol. The molecule has 230 valence electrons. The van der Waals surface area contributed by atoms with Crippen LogP contribution in [0.15, 0.2) is 24.5 Å². The van der Waals surface area contributed by atoms with Crippen molar-refractivity contribution in [1.82, 2.24) is 25.3 Å². The molecule has 42 heavy (non-hydrogen) atoms. The van der Waals surface area contributed by atoms with Crippen molar-refractivity contribution in [3.63, 3.8) is 0 Å². The number of H-pyrrole nitrogens is 1. The summed E-state index contributed by atoms with van der Waals surface area (Å²) in [6.07, 6.45) is -1.30. The lowest BCUT2D eigenvalue weighted by molar-refractivity contribution is -0.244. The number of halogens is 5. The number of hydrogen-bond acceptors (Lipinski definition) is 8. The van der Waals surface area contributed by atoms with Gasteiger partial charge in [0.05, 0.1) is 36.2 Å². The molecule has 0 saturated carbocycles. The number of aromatic nitrogens is 4. The predicted octanol–water partition coefficient (Wildman–Crippen LogP) is 3.84. The molecule has 0 radical (unpaired) electrons. The van der Waals surface area contributed by atoms with E-state index in [4.69, 9.17) is 21.3 Å². The van der Waals surface area contributed by atoms with E-state index in [0.717, 1.165) is 28.6 Å². The van der Waals surface area contributed by atoms with Crippen molar-refractivity contribution in [2.45, 2.75) is 38.5 Å². The van der Waals surface area contributed by atoms with Crippen LogP contribution in [0.3, 0.4) is 0 Å². The molecule has 1 aromatic carbocycles. The zero-order chi connectivity index (χ0) is 30.7. The Bertz CT molecular complexity index is 1470. The van der Waals surface area contributed by atoms with Crippen LogP contribution in [-0.2, 0) is 14.8 Å². The van der Waals surface area contributed by atoms with Gasteiger partial charge in [0, 0.05) is 35.2 Å². The highest BCUT2D eigenvalue weighted by Gasteiger charge is 2.49. The SMILES string of the molecule is O=[P+]([O-])OO.S.[C-]#[N+]CC1(n2cc(-c3c(C)n[nH]c3C)cn2)CN(c2cc(F)c(C(=O)N[C@@H](C)C(F)(F)F)cc2F)C1.[HH]. The van der Waals surface area contributed by atoms with E-state index in [1.807, 2.05) is 13.8 Å². The van der Waals surface area contributed by atoms with E-state index >= 15 is 0 Å². The summed E-state index contributed by atoms with van der Waals surface area (Å²) >= 11 is 0. The average Bonchev–Trinajstić information content (AvgIpc) is 3.48. The standard InChI is InChI=1S/C23H22F5N7O.HO4P.H2S.H2/c1-12-20(13(2)33-32-12)15-7-30-35(8-15)22(9-29-4)10-34(11-22)19-6-17(24)16(5-18(19)25)21(36)31-14(3)23(26,27)28;1-4-5(2)3;;/h5-8,14H,9-11H2,1-3H3,(H,31,36)(H,32,33);1H;1H2;1H/t14-;;;/m0.../s1. The van der Waals surface area contributed by atoms with Crippen LogP contribution in [0.2, 0.25) is 0 Å². The Balaban J connectivity index is 0.00000122. The number of carbonyl (C=O) groups excluding carboxylic acids is 1. The van der Waals surface area contributed by atoms with Gasteiger partial charge in [0.1, 0.15) is 17.7 Å². The van der Waals surface area contributed by atoms with Crippen molar-refractivity contribution >= 4 is 33.3 Å². The second kappa shape index (κ2) is 13.6. The fourth-order valence-electron chi connectivity index (χ4n) is 4.30. The monoisotopic (exact) mass is 639 g/mol. The van der Waals surface area contributed by atoms with Gasteiger partial charge in [-0.15, -0.1) is 0 Å². The molecule has 0 aliphatic carbocycles. The van der Waals surface area contributed by atoms with Crippen LogP contribution >= 0.6 is 21.8 Å². The minimum absolute atomic E-state index is 0. The Hall–Kier alpha value is -3.62. The molecule has 12 nitrogen and oxygen atoms in total. The number of aryl methyl sites for hydroxylation is 2. The molecule has 1 unspecified atom stereocenters. The van der Waals surface area contributed by atoms with E-state index in [9.17, 15) is 26.7 Å². The minimum Gasteiger partial charge on any atom is -0.565 e. The van der Waals surface area contributed by atoms with Crippen molar-refractivity contribution < 1.29 is 47.6 Å². The third-order valence-corrected chi connectivity index (χ3v) is 6.49. The molecular formula is C23H27F5N7O5PS. The molecule has 1 amide bonds. The number of nitrogens with zero attached hydrogens (tertiary/aromatic N) is 5. The van der Waals surface area contributed by atoms with Gasteiger partial charge in [0.15, 0.2) is 5.54 Å². The normalized spacial score (nSPS) is 14.9. The maximum atomic E-state index is 14.8. The third-order valence-electron chi connectivity index (χ3n) is 6.36. The Morgan fingerprint density at radius 1 is 1.36 bits per heavy atom. The van der Waals surface area contributed by atoms with Gasteiger partial charge in [-0.1, -0.05) is 0 Å².